The molecule has 0 aromatic rings. The second kappa shape index (κ2) is 3.06. The Kier molecular flexibility index (Phi) is 3.02. The van der Waals surface area contributed by atoms with Crippen molar-refractivity contribution in [1.82, 2.24) is 0 Å². The Balaban J connectivity index is 4.45. The maximum absolute atomic E-state index is 5.82. The van der Waals surface area contributed by atoms with Gasteiger partial charge >= 0.3 is 0 Å². The Morgan fingerprint density at radius 3 is 1.64 bits per heavy atom. The average molecular weight is 160 g/mol. The number of hydrogen-bond acceptors (Lipinski definition) is 4. The summed E-state index contributed by atoms with van der Waals surface area (Å²) >= 11 is 0. The minimum atomic E-state index is -0.901. The maximum Gasteiger partial charge on any atom is 0.0854 e. The van der Waals surface area contributed by atoms with Crippen molar-refractivity contribution in [2.45, 2.75) is 32.5 Å². The Morgan fingerprint density at radius 2 is 1.55 bits per heavy atom. The minimum Gasteiger partial charge on any atom is -0.329 e. The van der Waals surface area contributed by atoms with Crippen LogP contribution in [0.5, 0.6) is 0 Å². The van der Waals surface area contributed by atoms with Gasteiger partial charge in [0.15, 0.2) is 0 Å². The van der Waals surface area contributed by atoms with Crippen molar-refractivity contribution in [3.05, 3.63) is 0 Å². The van der Waals surface area contributed by atoms with E-state index in [-0.39, 0.29) is 11.5 Å². The SMILES string of the molecule is CC(C)(C)C(N)(N)C(N)CN. The lowest BCUT2D eigenvalue weighted by Crippen LogP contribution is -2.71. The van der Waals surface area contributed by atoms with Crippen molar-refractivity contribution in [1.29, 1.82) is 0 Å². The van der Waals surface area contributed by atoms with E-state index < -0.39 is 5.66 Å². The van der Waals surface area contributed by atoms with Crippen molar-refractivity contribution >= 4 is 0 Å². The molecule has 0 fully saturated rings. The molecule has 0 bridgehead atoms. The zero-order chi connectivity index (χ0) is 9.28. The van der Waals surface area contributed by atoms with Gasteiger partial charge in [0, 0.05) is 12.6 Å². The largest absolute Gasteiger partial charge is 0.329 e. The summed E-state index contributed by atoms with van der Waals surface area (Å²) in [6, 6.07) is -0.359. The summed E-state index contributed by atoms with van der Waals surface area (Å²) in [7, 11) is 0. The van der Waals surface area contributed by atoms with E-state index in [1.807, 2.05) is 20.8 Å². The first-order valence-electron chi connectivity index (χ1n) is 3.77. The summed E-state index contributed by atoms with van der Waals surface area (Å²) in [5.74, 6) is 0. The Bertz CT molecular complexity index is 125. The molecule has 4 nitrogen and oxygen atoms in total. The van der Waals surface area contributed by atoms with Crippen molar-refractivity contribution in [3.63, 3.8) is 0 Å². The molecule has 0 spiro atoms. The molecule has 0 saturated carbocycles. The molecular formula is C7H20N4. The summed E-state index contributed by atoms with van der Waals surface area (Å²) in [5, 5.41) is 0. The molecule has 0 radical (unpaired) electrons. The quantitative estimate of drug-likeness (QED) is 0.386. The van der Waals surface area contributed by atoms with Crippen LogP contribution in [0.15, 0.2) is 0 Å². The third kappa shape index (κ3) is 2.13. The van der Waals surface area contributed by atoms with Gasteiger partial charge < -0.3 is 22.9 Å². The van der Waals surface area contributed by atoms with Gasteiger partial charge in [0.2, 0.25) is 0 Å². The zero-order valence-corrected chi connectivity index (χ0v) is 7.59. The van der Waals surface area contributed by atoms with Gasteiger partial charge in [-0.2, -0.15) is 0 Å². The van der Waals surface area contributed by atoms with Crippen molar-refractivity contribution < 1.29 is 0 Å². The summed E-state index contributed by atoms with van der Waals surface area (Å²) in [6.07, 6.45) is 0. The average Bonchev–Trinajstić information content (AvgIpc) is 1.83. The highest BCUT2D eigenvalue weighted by Crippen LogP contribution is 2.25. The van der Waals surface area contributed by atoms with Gasteiger partial charge in [0.05, 0.1) is 5.66 Å². The van der Waals surface area contributed by atoms with Gasteiger partial charge in [0.25, 0.3) is 0 Å². The van der Waals surface area contributed by atoms with Crippen LogP contribution in [0.4, 0.5) is 0 Å². The minimum absolute atomic E-state index is 0.230. The molecule has 0 aliphatic carbocycles. The van der Waals surface area contributed by atoms with Crippen molar-refractivity contribution in [2.24, 2.45) is 28.3 Å². The fourth-order valence-corrected chi connectivity index (χ4v) is 0.751. The molecule has 0 aliphatic heterocycles. The van der Waals surface area contributed by atoms with E-state index in [2.05, 4.69) is 0 Å². The lowest BCUT2D eigenvalue weighted by Gasteiger charge is -2.42. The lowest BCUT2D eigenvalue weighted by molar-refractivity contribution is 0.160. The van der Waals surface area contributed by atoms with Crippen molar-refractivity contribution in [2.75, 3.05) is 6.54 Å². The van der Waals surface area contributed by atoms with Crippen molar-refractivity contribution in [3.8, 4) is 0 Å². The van der Waals surface area contributed by atoms with Crippen LogP contribution in [0.25, 0.3) is 0 Å². The molecule has 0 aromatic carbocycles. The van der Waals surface area contributed by atoms with Gasteiger partial charge in [-0.1, -0.05) is 20.8 Å². The summed E-state index contributed by atoms with van der Waals surface area (Å²) in [6.45, 7) is 6.15. The van der Waals surface area contributed by atoms with E-state index in [0.29, 0.717) is 6.54 Å². The smallest absolute Gasteiger partial charge is 0.0854 e. The summed E-state index contributed by atoms with van der Waals surface area (Å²) < 4.78 is 0. The van der Waals surface area contributed by atoms with E-state index >= 15 is 0 Å². The molecule has 68 valence electrons. The molecule has 1 unspecified atom stereocenters. The van der Waals surface area contributed by atoms with Gasteiger partial charge in [0.1, 0.15) is 0 Å². The Labute approximate surface area is 68.3 Å². The molecule has 1 atom stereocenters. The molecule has 0 heterocycles. The highest BCUT2D eigenvalue weighted by Gasteiger charge is 2.38. The maximum atomic E-state index is 5.82. The van der Waals surface area contributed by atoms with Crippen LogP contribution in [0.2, 0.25) is 0 Å². The lowest BCUT2D eigenvalue weighted by atomic mass is 9.77. The van der Waals surface area contributed by atoms with Crippen LogP contribution in [-0.4, -0.2) is 18.2 Å². The molecule has 11 heavy (non-hydrogen) atoms. The fraction of sp³-hybridized carbons (Fsp3) is 1.00. The molecule has 4 heteroatoms. The fourth-order valence-electron chi connectivity index (χ4n) is 0.751. The molecule has 8 N–H and O–H groups in total. The van der Waals surface area contributed by atoms with E-state index in [4.69, 9.17) is 22.9 Å². The standard InChI is InChI=1S/C7H20N4/c1-6(2,3)7(10,11)5(9)4-8/h5H,4,8-11H2,1-3H3. The van der Waals surface area contributed by atoms with E-state index in [1.54, 1.807) is 0 Å². The summed E-state index contributed by atoms with van der Waals surface area (Å²) in [5.41, 5.74) is 21.5. The molecule has 0 amide bonds. The highest BCUT2D eigenvalue weighted by molar-refractivity contribution is 4.98. The summed E-state index contributed by atoms with van der Waals surface area (Å²) in [4.78, 5) is 0. The number of nitrogens with two attached hydrogens (primary N) is 4. The first kappa shape index (κ1) is 10.8. The van der Waals surface area contributed by atoms with Crippen LogP contribution in [0.3, 0.4) is 0 Å². The Hall–Kier alpha value is -0.160. The molecular weight excluding hydrogens is 140 g/mol. The van der Waals surface area contributed by atoms with E-state index in [1.165, 1.54) is 0 Å². The normalized spacial score (nSPS) is 16.6. The highest BCUT2D eigenvalue weighted by atomic mass is 15.1. The van der Waals surface area contributed by atoms with Crippen LogP contribution in [0, 0.1) is 5.41 Å². The van der Waals surface area contributed by atoms with Gasteiger partial charge in [-0.05, 0) is 5.41 Å². The van der Waals surface area contributed by atoms with Crippen LogP contribution < -0.4 is 22.9 Å². The van der Waals surface area contributed by atoms with Gasteiger partial charge in [-0.25, -0.2) is 0 Å². The second-order valence-corrected chi connectivity index (χ2v) is 4.03. The topological polar surface area (TPSA) is 104 Å². The molecule has 0 aromatic heterocycles. The molecule has 0 saturated heterocycles. The van der Waals surface area contributed by atoms with Crippen LogP contribution in [0.1, 0.15) is 20.8 Å². The Morgan fingerprint density at radius 1 is 1.18 bits per heavy atom. The predicted octanol–water partition coefficient (Wildman–Crippen LogP) is -1.07. The van der Waals surface area contributed by atoms with E-state index in [9.17, 15) is 0 Å². The molecule has 0 rings (SSSR count). The van der Waals surface area contributed by atoms with Crippen LogP contribution >= 0.6 is 0 Å². The third-order valence-electron chi connectivity index (χ3n) is 2.17. The zero-order valence-electron chi connectivity index (χ0n) is 7.59. The predicted molar refractivity (Wildman–Crippen MR) is 47.6 cm³/mol. The molecule has 0 aliphatic rings. The van der Waals surface area contributed by atoms with Gasteiger partial charge in [-0.3, -0.25) is 0 Å². The monoisotopic (exact) mass is 160 g/mol. The van der Waals surface area contributed by atoms with E-state index in [0.717, 1.165) is 0 Å². The van der Waals surface area contributed by atoms with Gasteiger partial charge in [-0.15, -0.1) is 0 Å². The van der Waals surface area contributed by atoms with Crippen LogP contribution in [-0.2, 0) is 0 Å². The first-order valence-corrected chi connectivity index (χ1v) is 3.77. The first-order chi connectivity index (χ1) is 4.73. The second-order valence-electron chi connectivity index (χ2n) is 4.03. The number of hydrogen-bond donors (Lipinski definition) is 4. The number of rotatable bonds is 2. The third-order valence-corrected chi connectivity index (χ3v) is 2.17.